The van der Waals surface area contributed by atoms with Gasteiger partial charge in [0.1, 0.15) is 0 Å². The highest BCUT2D eigenvalue weighted by Crippen LogP contribution is 2.17. The number of sulfonamides is 1. The third-order valence-electron chi connectivity index (χ3n) is 3.72. The van der Waals surface area contributed by atoms with Gasteiger partial charge >= 0.3 is 0 Å². The largest absolute Gasteiger partial charge is 0.291 e. The van der Waals surface area contributed by atoms with Gasteiger partial charge in [-0.2, -0.15) is 0 Å². The van der Waals surface area contributed by atoms with Gasteiger partial charge in [0.25, 0.3) is 0 Å². The van der Waals surface area contributed by atoms with Gasteiger partial charge in [-0.05, 0) is 23.3 Å². The Morgan fingerprint density at radius 2 is 1.58 bits per heavy atom. The lowest BCUT2D eigenvalue weighted by Gasteiger charge is -2.21. The number of benzene rings is 2. The summed E-state index contributed by atoms with van der Waals surface area (Å²) in [6.07, 6.45) is 1.86. The molecule has 0 bridgehead atoms. The quantitative estimate of drug-likeness (QED) is 0.691. The lowest BCUT2D eigenvalue weighted by Crippen LogP contribution is -2.24. The van der Waals surface area contributed by atoms with Crippen LogP contribution in [-0.2, 0) is 23.1 Å². The van der Waals surface area contributed by atoms with Crippen molar-refractivity contribution in [2.45, 2.75) is 18.0 Å². The van der Waals surface area contributed by atoms with Gasteiger partial charge in [-0.25, -0.2) is 12.7 Å². The summed E-state index contributed by atoms with van der Waals surface area (Å²) in [5.41, 5.74) is 2.19. The molecule has 5 heteroatoms. The minimum absolute atomic E-state index is 0.322. The molecule has 0 aliphatic heterocycles. The molecule has 24 heavy (non-hydrogen) atoms. The molecule has 0 aromatic heterocycles. The molecule has 0 radical (unpaired) electrons. The molecule has 4 nitrogen and oxygen atoms in total. The summed E-state index contributed by atoms with van der Waals surface area (Å²) >= 11 is 0. The van der Waals surface area contributed by atoms with Crippen molar-refractivity contribution in [3.05, 3.63) is 78.4 Å². The fourth-order valence-electron chi connectivity index (χ4n) is 2.48. The van der Waals surface area contributed by atoms with E-state index in [4.69, 9.17) is 0 Å². The van der Waals surface area contributed by atoms with E-state index in [0.717, 1.165) is 18.7 Å². The zero-order valence-corrected chi connectivity index (χ0v) is 15.0. The SMILES string of the molecule is C=CCN(Cc1ccccc1)Cc1cccc(S(=O)(=O)N(C)C)c1. The van der Waals surface area contributed by atoms with E-state index in [1.54, 1.807) is 32.3 Å². The van der Waals surface area contributed by atoms with Crippen molar-refractivity contribution in [3.63, 3.8) is 0 Å². The first-order chi connectivity index (χ1) is 11.4. The van der Waals surface area contributed by atoms with Crippen molar-refractivity contribution in [1.29, 1.82) is 0 Å². The Labute approximate surface area is 145 Å². The van der Waals surface area contributed by atoms with Gasteiger partial charge in [0.2, 0.25) is 10.0 Å². The Morgan fingerprint density at radius 3 is 2.21 bits per heavy atom. The van der Waals surface area contributed by atoms with Gasteiger partial charge < -0.3 is 0 Å². The molecule has 0 amide bonds. The van der Waals surface area contributed by atoms with Crippen molar-refractivity contribution in [1.82, 2.24) is 9.21 Å². The fourth-order valence-corrected chi connectivity index (χ4v) is 3.45. The molecule has 0 N–H and O–H groups in total. The molecule has 0 saturated heterocycles. The summed E-state index contributed by atoms with van der Waals surface area (Å²) in [4.78, 5) is 2.55. The van der Waals surface area contributed by atoms with Crippen molar-refractivity contribution in [2.24, 2.45) is 0 Å². The standard InChI is InChI=1S/C19H24N2O2S/c1-4-13-21(15-17-9-6-5-7-10-17)16-18-11-8-12-19(14-18)24(22,23)20(2)3/h4-12,14H,1,13,15-16H2,2-3H3. The van der Waals surface area contributed by atoms with Crippen molar-refractivity contribution in [3.8, 4) is 0 Å². The number of hydrogen-bond acceptors (Lipinski definition) is 3. The van der Waals surface area contributed by atoms with Crippen LogP contribution in [0.4, 0.5) is 0 Å². The molecule has 2 aromatic rings. The highest BCUT2D eigenvalue weighted by Gasteiger charge is 2.17. The maximum absolute atomic E-state index is 12.3. The smallest absolute Gasteiger partial charge is 0.242 e. The van der Waals surface area contributed by atoms with Gasteiger partial charge in [0, 0.05) is 33.7 Å². The molecule has 0 saturated carbocycles. The average molecular weight is 344 g/mol. The molecular formula is C19H24N2O2S. The van der Waals surface area contributed by atoms with Crippen LogP contribution in [0.15, 0.2) is 72.1 Å². The van der Waals surface area contributed by atoms with Gasteiger partial charge in [0.05, 0.1) is 4.90 Å². The van der Waals surface area contributed by atoms with Crippen molar-refractivity contribution < 1.29 is 8.42 Å². The topological polar surface area (TPSA) is 40.6 Å². The van der Waals surface area contributed by atoms with Gasteiger partial charge in [-0.1, -0.05) is 48.5 Å². The number of rotatable bonds is 8. The second-order valence-electron chi connectivity index (χ2n) is 5.88. The van der Waals surface area contributed by atoms with E-state index < -0.39 is 10.0 Å². The highest BCUT2D eigenvalue weighted by molar-refractivity contribution is 7.89. The summed E-state index contributed by atoms with van der Waals surface area (Å²) in [5, 5.41) is 0. The van der Waals surface area contributed by atoms with Crippen LogP contribution in [0.5, 0.6) is 0 Å². The van der Waals surface area contributed by atoms with Crippen LogP contribution in [0.25, 0.3) is 0 Å². The molecule has 0 aliphatic carbocycles. The molecule has 0 aliphatic rings. The van der Waals surface area contributed by atoms with E-state index in [1.165, 1.54) is 9.87 Å². The normalized spacial score (nSPS) is 11.8. The van der Waals surface area contributed by atoms with E-state index in [-0.39, 0.29) is 0 Å². The fraction of sp³-hybridized carbons (Fsp3) is 0.263. The molecular weight excluding hydrogens is 320 g/mol. The predicted octanol–water partition coefficient (Wildman–Crippen LogP) is 3.13. The Morgan fingerprint density at radius 1 is 0.958 bits per heavy atom. The van der Waals surface area contributed by atoms with E-state index in [1.807, 2.05) is 30.3 Å². The zero-order valence-electron chi connectivity index (χ0n) is 14.2. The predicted molar refractivity (Wildman–Crippen MR) is 98.1 cm³/mol. The van der Waals surface area contributed by atoms with Crippen LogP contribution in [0.1, 0.15) is 11.1 Å². The van der Waals surface area contributed by atoms with E-state index >= 15 is 0 Å². The molecule has 0 unspecified atom stereocenters. The molecule has 0 heterocycles. The van der Waals surface area contributed by atoms with Crippen LogP contribution >= 0.6 is 0 Å². The first-order valence-corrected chi connectivity index (χ1v) is 9.26. The van der Waals surface area contributed by atoms with Crippen LogP contribution in [0, 0.1) is 0 Å². The average Bonchev–Trinajstić information content (AvgIpc) is 2.56. The molecule has 2 rings (SSSR count). The first-order valence-electron chi connectivity index (χ1n) is 7.82. The molecule has 0 spiro atoms. The first kappa shape index (κ1) is 18.4. The third-order valence-corrected chi connectivity index (χ3v) is 5.53. The number of nitrogens with zero attached hydrogens (tertiary/aromatic N) is 2. The van der Waals surface area contributed by atoms with Gasteiger partial charge in [0.15, 0.2) is 0 Å². The summed E-state index contributed by atoms with van der Waals surface area (Å²) in [6.45, 7) is 6.01. The summed E-state index contributed by atoms with van der Waals surface area (Å²) in [5.74, 6) is 0. The van der Waals surface area contributed by atoms with Crippen LogP contribution in [0.2, 0.25) is 0 Å². The zero-order chi connectivity index (χ0) is 17.6. The second kappa shape index (κ2) is 8.24. The monoisotopic (exact) mass is 344 g/mol. The molecule has 2 aromatic carbocycles. The highest BCUT2D eigenvalue weighted by atomic mass is 32.2. The van der Waals surface area contributed by atoms with Gasteiger partial charge in [-0.15, -0.1) is 6.58 Å². The second-order valence-corrected chi connectivity index (χ2v) is 8.03. The molecule has 0 atom stereocenters. The minimum Gasteiger partial charge on any atom is -0.291 e. The molecule has 0 fully saturated rings. The lowest BCUT2D eigenvalue weighted by atomic mass is 10.1. The lowest BCUT2D eigenvalue weighted by molar-refractivity contribution is 0.286. The van der Waals surface area contributed by atoms with Crippen LogP contribution < -0.4 is 0 Å². The number of hydrogen-bond donors (Lipinski definition) is 0. The summed E-state index contributed by atoms with van der Waals surface area (Å²) in [6, 6.07) is 17.3. The summed E-state index contributed by atoms with van der Waals surface area (Å²) < 4.78 is 25.8. The van der Waals surface area contributed by atoms with E-state index in [9.17, 15) is 8.42 Å². The van der Waals surface area contributed by atoms with E-state index in [0.29, 0.717) is 11.4 Å². The maximum atomic E-state index is 12.3. The van der Waals surface area contributed by atoms with Crippen LogP contribution in [0.3, 0.4) is 0 Å². The van der Waals surface area contributed by atoms with Crippen molar-refractivity contribution >= 4 is 10.0 Å². The Kier molecular flexibility index (Phi) is 6.31. The Hall–Kier alpha value is -1.95. The van der Waals surface area contributed by atoms with Crippen LogP contribution in [-0.4, -0.2) is 38.3 Å². The van der Waals surface area contributed by atoms with Gasteiger partial charge in [-0.3, -0.25) is 4.90 Å². The Balaban J connectivity index is 2.19. The van der Waals surface area contributed by atoms with Crippen molar-refractivity contribution in [2.75, 3.05) is 20.6 Å². The molecule has 128 valence electrons. The minimum atomic E-state index is -3.41. The third kappa shape index (κ3) is 4.77. The summed E-state index contributed by atoms with van der Waals surface area (Å²) in [7, 11) is -0.326. The Bertz CT molecular complexity index is 771. The maximum Gasteiger partial charge on any atom is 0.242 e. The van der Waals surface area contributed by atoms with E-state index in [2.05, 4.69) is 23.6 Å².